The van der Waals surface area contributed by atoms with Gasteiger partial charge in [-0.25, -0.2) is 0 Å². The van der Waals surface area contributed by atoms with E-state index in [1.54, 1.807) is 13.2 Å². The van der Waals surface area contributed by atoms with Crippen LogP contribution in [0, 0.1) is 40.9 Å². The standard InChI is InChI=1S/C27H29N5O5/c1-37-20-4-2-3-17-15(20)10-19(29-17)23(33)30-18(9-13-5-6-13)24(34)32-27(12-28)11-14-7-8-16(27)22-21(14)25(35)31-26(22)36/h2-4,10,13-14,16,18,21-22,29H,5-9,11H2,1H3,(H,30,33)(H,32,34)(H,31,35,36)/t14?,16?,18-,21-,22+,27+/m0/s1. The first-order valence-corrected chi connectivity index (χ1v) is 12.9. The SMILES string of the molecule is COc1cccc2[nH]c(C(=O)N[C@@H](CC3CC3)C(=O)N[C@@]3(C#N)CC4CCC3[C@H]3C(=O)NC(=O)[C@@H]43)cc12. The summed E-state index contributed by atoms with van der Waals surface area (Å²) in [5.41, 5.74) is -0.193. The van der Waals surface area contributed by atoms with Crippen molar-refractivity contribution in [2.75, 3.05) is 7.11 Å². The monoisotopic (exact) mass is 503 g/mol. The van der Waals surface area contributed by atoms with Crippen LogP contribution in [-0.4, -0.2) is 47.3 Å². The van der Waals surface area contributed by atoms with E-state index in [2.05, 4.69) is 27.0 Å². The van der Waals surface area contributed by atoms with E-state index in [-0.39, 0.29) is 17.7 Å². The molecule has 2 heterocycles. The summed E-state index contributed by atoms with van der Waals surface area (Å²) in [5.74, 6) is -2.10. The van der Waals surface area contributed by atoms with Gasteiger partial charge in [-0.1, -0.05) is 18.9 Å². The minimum Gasteiger partial charge on any atom is -0.496 e. The van der Waals surface area contributed by atoms with Crippen LogP contribution in [0.25, 0.3) is 10.9 Å². The van der Waals surface area contributed by atoms with Crippen molar-refractivity contribution in [3.8, 4) is 11.8 Å². The van der Waals surface area contributed by atoms with Crippen molar-refractivity contribution in [3.63, 3.8) is 0 Å². The first kappa shape index (κ1) is 23.5. The third kappa shape index (κ3) is 3.84. The number of ether oxygens (including phenoxy) is 1. The molecule has 10 nitrogen and oxygen atoms in total. The maximum atomic E-state index is 13.6. The maximum absolute atomic E-state index is 13.6. The van der Waals surface area contributed by atoms with Gasteiger partial charge in [-0.15, -0.1) is 0 Å². The molecular weight excluding hydrogens is 474 g/mol. The van der Waals surface area contributed by atoms with Crippen LogP contribution in [0.5, 0.6) is 5.75 Å². The Morgan fingerprint density at radius 2 is 1.97 bits per heavy atom. The highest BCUT2D eigenvalue weighted by Crippen LogP contribution is 2.55. The van der Waals surface area contributed by atoms with Gasteiger partial charge in [-0.2, -0.15) is 5.26 Å². The Kier molecular flexibility index (Phi) is 5.48. The third-order valence-corrected chi connectivity index (χ3v) is 8.77. The van der Waals surface area contributed by atoms with Gasteiger partial charge >= 0.3 is 0 Å². The molecule has 4 N–H and O–H groups in total. The molecule has 5 aliphatic rings. The van der Waals surface area contributed by atoms with E-state index in [9.17, 15) is 24.4 Å². The van der Waals surface area contributed by atoms with Crippen LogP contribution < -0.4 is 20.7 Å². The molecule has 10 heteroatoms. The predicted octanol–water partition coefficient (Wildman–Crippen LogP) is 1.77. The number of H-pyrrole nitrogens is 1. The second-order valence-electron chi connectivity index (χ2n) is 10.9. The zero-order chi connectivity index (χ0) is 25.9. The Hall–Kier alpha value is -3.87. The Balaban J connectivity index is 1.23. The summed E-state index contributed by atoms with van der Waals surface area (Å²) in [5, 5.41) is 19.3. The lowest BCUT2D eigenvalue weighted by Gasteiger charge is -2.52. The summed E-state index contributed by atoms with van der Waals surface area (Å²) in [6, 6.07) is 8.66. The number of fused-ring (bicyclic) bond motifs is 3. The van der Waals surface area contributed by atoms with Crippen LogP contribution in [0.1, 0.15) is 49.0 Å². The molecule has 7 rings (SSSR count). The number of aromatic amines is 1. The van der Waals surface area contributed by atoms with Crippen molar-refractivity contribution < 1.29 is 23.9 Å². The van der Waals surface area contributed by atoms with Crippen LogP contribution in [-0.2, 0) is 14.4 Å². The van der Waals surface area contributed by atoms with Gasteiger partial charge in [0.15, 0.2) is 0 Å². The summed E-state index contributed by atoms with van der Waals surface area (Å²) in [7, 11) is 1.56. The third-order valence-electron chi connectivity index (χ3n) is 8.77. The summed E-state index contributed by atoms with van der Waals surface area (Å²) in [6.07, 6.45) is 4.12. The van der Waals surface area contributed by atoms with E-state index < -0.39 is 41.1 Å². The predicted molar refractivity (Wildman–Crippen MR) is 131 cm³/mol. The Morgan fingerprint density at radius 3 is 2.70 bits per heavy atom. The lowest BCUT2D eigenvalue weighted by atomic mass is 9.52. The molecule has 5 fully saturated rings. The van der Waals surface area contributed by atoms with Crippen molar-refractivity contribution in [3.05, 3.63) is 30.0 Å². The highest BCUT2D eigenvalue weighted by atomic mass is 16.5. The van der Waals surface area contributed by atoms with Gasteiger partial charge in [0.25, 0.3) is 5.91 Å². The number of hydrogen-bond acceptors (Lipinski definition) is 6. The number of hydrogen-bond donors (Lipinski definition) is 4. The number of amides is 4. The van der Waals surface area contributed by atoms with Crippen molar-refractivity contribution in [1.82, 2.24) is 20.9 Å². The molecule has 2 aromatic rings. The van der Waals surface area contributed by atoms with E-state index in [1.165, 1.54) is 0 Å². The van der Waals surface area contributed by atoms with Gasteiger partial charge in [-0.05, 0) is 55.7 Å². The zero-order valence-electron chi connectivity index (χ0n) is 20.5. The van der Waals surface area contributed by atoms with E-state index in [0.29, 0.717) is 36.6 Å². The number of benzene rings is 1. The van der Waals surface area contributed by atoms with Crippen LogP contribution in [0.3, 0.4) is 0 Å². The van der Waals surface area contributed by atoms with E-state index in [1.807, 2.05) is 18.2 Å². The highest BCUT2D eigenvalue weighted by molar-refractivity contribution is 6.06. The first-order chi connectivity index (χ1) is 17.8. The molecule has 2 unspecified atom stereocenters. The lowest BCUT2D eigenvalue weighted by Crippen LogP contribution is -2.66. The molecule has 4 amide bonds. The number of imide groups is 1. The van der Waals surface area contributed by atoms with E-state index >= 15 is 0 Å². The van der Waals surface area contributed by atoms with Crippen LogP contribution in [0.4, 0.5) is 0 Å². The number of nitriles is 1. The molecule has 1 aromatic heterocycles. The second kappa shape index (κ2) is 8.61. The number of rotatable bonds is 7. The molecule has 0 spiro atoms. The molecule has 37 heavy (non-hydrogen) atoms. The molecule has 192 valence electrons. The van der Waals surface area contributed by atoms with Crippen molar-refractivity contribution >= 4 is 34.5 Å². The summed E-state index contributed by atoms with van der Waals surface area (Å²) in [4.78, 5) is 54.9. The van der Waals surface area contributed by atoms with Crippen LogP contribution >= 0.6 is 0 Å². The molecule has 1 aliphatic heterocycles. The molecule has 2 bridgehead atoms. The van der Waals surface area contributed by atoms with Gasteiger partial charge in [0.2, 0.25) is 17.7 Å². The smallest absolute Gasteiger partial charge is 0.268 e. The topological polar surface area (TPSA) is 153 Å². The fourth-order valence-electron chi connectivity index (χ4n) is 6.84. The van der Waals surface area contributed by atoms with Gasteiger partial charge in [0.05, 0.1) is 25.0 Å². The number of carbonyl (C=O) groups excluding carboxylic acids is 4. The summed E-state index contributed by atoms with van der Waals surface area (Å²) in [6.45, 7) is 0. The lowest BCUT2D eigenvalue weighted by molar-refractivity contribution is -0.137. The number of methoxy groups -OCH3 is 1. The molecule has 4 aliphatic carbocycles. The molecule has 1 saturated heterocycles. The Labute approximate surface area is 213 Å². The number of nitrogens with one attached hydrogen (secondary N) is 4. The van der Waals surface area contributed by atoms with Crippen LogP contribution in [0.15, 0.2) is 24.3 Å². The summed E-state index contributed by atoms with van der Waals surface area (Å²) >= 11 is 0. The maximum Gasteiger partial charge on any atom is 0.268 e. The Morgan fingerprint density at radius 1 is 1.19 bits per heavy atom. The average Bonchev–Trinajstić information content (AvgIpc) is 3.51. The van der Waals surface area contributed by atoms with Crippen molar-refractivity contribution in [2.45, 2.75) is 50.1 Å². The Bertz CT molecular complexity index is 1360. The quantitative estimate of drug-likeness (QED) is 0.423. The molecule has 1 aromatic carbocycles. The zero-order valence-corrected chi connectivity index (χ0v) is 20.5. The van der Waals surface area contributed by atoms with Crippen molar-refractivity contribution in [2.24, 2.45) is 29.6 Å². The van der Waals surface area contributed by atoms with Crippen molar-refractivity contribution in [1.29, 1.82) is 5.26 Å². The van der Waals surface area contributed by atoms with Gasteiger partial charge in [0, 0.05) is 16.8 Å². The molecule has 6 atom stereocenters. The average molecular weight is 504 g/mol. The minimum atomic E-state index is -1.25. The fraction of sp³-hybridized carbons (Fsp3) is 0.519. The molecule has 4 saturated carbocycles. The van der Waals surface area contributed by atoms with Gasteiger partial charge < -0.3 is 20.4 Å². The highest BCUT2D eigenvalue weighted by Gasteiger charge is 2.64. The van der Waals surface area contributed by atoms with E-state index in [0.717, 1.165) is 30.2 Å². The van der Waals surface area contributed by atoms with Gasteiger partial charge in [-0.3, -0.25) is 24.5 Å². The number of aromatic nitrogens is 1. The number of carbonyl (C=O) groups is 4. The number of nitrogens with zero attached hydrogens (tertiary/aromatic N) is 1. The molecular formula is C27H29N5O5. The minimum absolute atomic E-state index is 0.140. The molecule has 0 radical (unpaired) electrons. The van der Waals surface area contributed by atoms with Crippen LogP contribution in [0.2, 0.25) is 0 Å². The van der Waals surface area contributed by atoms with Gasteiger partial charge in [0.1, 0.15) is 23.0 Å². The van der Waals surface area contributed by atoms with E-state index in [4.69, 9.17) is 4.74 Å². The summed E-state index contributed by atoms with van der Waals surface area (Å²) < 4.78 is 5.38. The fourth-order valence-corrected chi connectivity index (χ4v) is 6.84. The second-order valence-corrected chi connectivity index (χ2v) is 10.9. The normalized spacial score (nSPS) is 30.8. The largest absolute Gasteiger partial charge is 0.496 e. The first-order valence-electron chi connectivity index (χ1n) is 12.9.